The second-order valence-electron chi connectivity index (χ2n) is 7.65. The smallest absolute Gasteiger partial charge is 0.273 e. The van der Waals surface area contributed by atoms with Crippen molar-refractivity contribution in [2.45, 2.75) is 70.5 Å². The first-order valence-corrected chi connectivity index (χ1v) is 9.92. The molecule has 0 saturated heterocycles. The molecule has 2 amide bonds. The van der Waals surface area contributed by atoms with Crippen LogP contribution in [0.1, 0.15) is 68.0 Å². The summed E-state index contributed by atoms with van der Waals surface area (Å²) in [6.45, 7) is 3.82. The summed E-state index contributed by atoms with van der Waals surface area (Å²) in [5, 5.41) is 14.1. The summed E-state index contributed by atoms with van der Waals surface area (Å²) >= 11 is 0. The maximum Gasteiger partial charge on any atom is 0.273 e. The average molecular weight is 384 g/mol. The number of carbonyl (C=O) groups excluding carboxylic acids is 2. The monoisotopic (exact) mass is 384 g/mol. The highest BCUT2D eigenvalue weighted by atomic mass is 16.2. The number of carbonyl (C=O) groups is 2. The van der Waals surface area contributed by atoms with E-state index in [0.29, 0.717) is 18.5 Å². The van der Waals surface area contributed by atoms with E-state index in [9.17, 15) is 9.59 Å². The van der Waals surface area contributed by atoms with Crippen molar-refractivity contribution >= 4 is 11.8 Å². The summed E-state index contributed by atoms with van der Waals surface area (Å²) in [5.41, 5.74) is 1.42. The summed E-state index contributed by atoms with van der Waals surface area (Å²) in [7, 11) is 0. The van der Waals surface area contributed by atoms with Crippen LogP contribution in [-0.4, -0.2) is 43.9 Å². The van der Waals surface area contributed by atoms with Gasteiger partial charge in [0, 0.05) is 30.9 Å². The van der Waals surface area contributed by atoms with E-state index < -0.39 is 0 Å². The van der Waals surface area contributed by atoms with Gasteiger partial charge in [0.1, 0.15) is 0 Å². The van der Waals surface area contributed by atoms with Crippen molar-refractivity contribution in [3.8, 4) is 0 Å². The Morgan fingerprint density at radius 2 is 2.04 bits per heavy atom. The van der Waals surface area contributed by atoms with E-state index in [-0.39, 0.29) is 29.9 Å². The average Bonchev–Trinajstić information content (AvgIpc) is 3.18. The molecule has 0 atom stereocenters. The SMILES string of the molecule is CC(C)NC(=O)c1cn(C2CCC(NC(=O)CCc3cccnc3)CC2)nn1. The lowest BCUT2D eigenvalue weighted by Crippen LogP contribution is -2.38. The Labute approximate surface area is 165 Å². The molecule has 150 valence electrons. The summed E-state index contributed by atoms with van der Waals surface area (Å²) in [5.74, 6) is -0.114. The zero-order valence-corrected chi connectivity index (χ0v) is 16.5. The zero-order chi connectivity index (χ0) is 19.9. The molecule has 2 heterocycles. The van der Waals surface area contributed by atoms with E-state index in [1.807, 2.05) is 26.0 Å². The van der Waals surface area contributed by atoms with Gasteiger partial charge in [-0.05, 0) is 57.6 Å². The number of aromatic nitrogens is 4. The lowest BCUT2D eigenvalue weighted by Gasteiger charge is -2.29. The minimum absolute atomic E-state index is 0.0647. The van der Waals surface area contributed by atoms with Gasteiger partial charge in [0.05, 0.1) is 12.2 Å². The van der Waals surface area contributed by atoms with Crippen molar-refractivity contribution in [2.75, 3.05) is 0 Å². The molecule has 1 aliphatic rings. The topological polar surface area (TPSA) is 102 Å². The van der Waals surface area contributed by atoms with Gasteiger partial charge < -0.3 is 10.6 Å². The molecule has 2 aromatic rings. The summed E-state index contributed by atoms with van der Waals surface area (Å²) < 4.78 is 1.79. The standard InChI is InChI=1S/C20H28N6O2/c1-14(2)22-20(28)18-13-26(25-24-18)17-8-6-16(7-9-17)23-19(27)10-5-15-4-3-11-21-12-15/h3-4,11-14,16-17H,5-10H2,1-2H3,(H,22,28)(H,23,27). The van der Waals surface area contributed by atoms with Gasteiger partial charge in [0.2, 0.25) is 5.91 Å². The quantitative estimate of drug-likeness (QED) is 0.761. The minimum atomic E-state index is -0.198. The van der Waals surface area contributed by atoms with E-state index in [1.54, 1.807) is 23.3 Å². The molecule has 0 aromatic carbocycles. The largest absolute Gasteiger partial charge is 0.353 e. The van der Waals surface area contributed by atoms with Crippen LogP contribution in [0, 0.1) is 0 Å². The van der Waals surface area contributed by atoms with Gasteiger partial charge in [-0.3, -0.25) is 14.6 Å². The second-order valence-corrected chi connectivity index (χ2v) is 7.65. The molecule has 0 bridgehead atoms. The summed E-state index contributed by atoms with van der Waals surface area (Å²) in [6.07, 6.45) is 10.0. The van der Waals surface area contributed by atoms with E-state index in [2.05, 4.69) is 25.9 Å². The molecule has 8 nitrogen and oxygen atoms in total. The summed E-state index contributed by atoms with van der Waals surface area (Å²) in [6, 6.07) is 4.35. The lowest BCUT2D eigenvalue weighted by molar-refractivity contribution is -0.122. The number of aryl methyl sites for hydroxylation is 1. The Balaban J connectivity index is 1.42. The van der Waals surface area contributed by atoms with Gasteiger partial charge in [-0.15, -0.1) is 5.10 Å². The van der Waals surface area contributed by atoms with Gasteiger partial charge >= 0.3 is 0 Å². The third-order valence-corrected chi connectivity index (χ3v) is 4.96. The predicted octanol–water partition coefficient (Wildman–Crippen LogP) is 2.04. The van der Waals surface area contributed by atoms with Crippen molar-refractivity contribution in [3.05, 3.63) is 42.0 Å². The molecule has 0 spiro atoms. The van der Waals surface area contributed by atoms with Crippen molar-refractivity contribution in [1.82, 2.24) is 30.6 Å². The number of hydrogen-bond donors (Lipinski definition) is 2. The Bertz CT molecular complexity index is 781. The first kappa shape index (κ1) is 20.0. The first-order valence-electron chi connectivity index (χ1n) is 9.92. The molecule has 1 fully saturated rings. The number of nitrogens with one attached hydrogen (secondary N) is 2. The highest BCUT2D eigenvalue weighted by Crippen LogP contribution is 2.28. The number of amides is 2. The normalized spacial score (nSPS) is 19.4. The van der Waals surface area contributed by atoms with Crippen molar-refractivity contribution in [2.24, 2.45) is 0 Å². The highest BCUT2D eigenvalue weighted by molar-refractivity contribution is 5.92. The van der Waals surface area contributed by atoms with Crippen LogP contribution in [0.15, 0.2) is 30.7 Å². The van der Waals surface area contributed by atoms with Gasteiger partial charge in [-0.2, -0.15) is 0 Å². The van der Waals surface area contributed by atoms with E-state index in [1.165, 1.54) is 0 Å². The molecular weight excluding hydrogens is 356 g/mol. The Kier molecular flexibility index (Phi) is 6.73. The maximum absolute atomic E-state index is 12.2. The van der Waals surface area contributed by atoms with Gasteiger partial charge in [0.25, 0.3) is 5.91 Å². The lowest BCUT2D eigenvalue weighted by atomic mass is 9.91. The fourth-order valence-corrected chi connectivity index (χ4v) is 3.48. The Morgan fingerprint density at radius 3 is 2.71 bits per heavy atom. The van der Waals surface area contributed by atoms with Gasteiger partial charge in [-0.25, -0.2) is 4.68 Å². The number of nitrogens with zero attached hydrogens (tertiary/aromatic N) is 4. The fourth-order valence-electron chi connectivity index (χ4n) is 3.48. The first-order chi connectivity index (χ1) is 13.5. The molecule has 8 heteroatoms. The Morgan fingerprint density at radius 1 is 1.25 bits per heavy atom. The molecule has 2 aromatic heterocycles. The van der Waals surface area contributed by atoms with E-state index >= 15 is 0 Å². The molecule has 0 aliphatic heterocycles. The molecule has 0 unspecified atom stereocenters. The van der Waals surface area contributed by atoms with E-state index in [4.69, 9.17) is 0 Å². The van der Waals surface area contributed by atoms with Crippen LogP contribution in [0.3, 0.4) is 0 Å². The number of rotatable bonds is 7. The molecule has 2 N–H and O–H groups in total. The van der Waals surface area contributed by atoms with Crippen LogP contribution >= 0.6 is 0 Å². The maximum atomic E-state index is 12.2. The second kappa shape index (κ2) is 9.43. The van der Waals surface area contributed by atoms with Gasteiger partial charge in [0.15, 0.2) is 5.69 Å². The van der Waals surface area contributed by atoms with Crippen LogP contribution in [0.25, 0.3) is 0 Å². The van der Waals surface area contributed by atoms with Gasteiger partial charge in [-0.1, -0.05) is 11.3 Å². The van der Waals surface area contributed by atoms with Crippen molar-refractivity contribution < 1.29 is 9.59 Å². The van der Waals surface area contributed by atoms with Crippen molar-refractivity contribution in [1.29, 1.82) is 0 Å². The van der Waals surface area contributed by atoms with E-state index in [0.717, 1.165) is 31.2 Å². The summed E-state index contributed by atoms with van der Waals surface area (Å²) in [4.78, 5) is 28.3. The van der Waals surface area contributed by atoms with Crippen LogP contribution in [0.4, 0.5) is 0 Å². The molecule has 1 aliphatic carbocycles. The molecule has 1 saturated carbocycles. The number of pyridine rings is 1. The van der Waals surface area contributed by atoms with Crippen LogP contribution in [0.2, 0.25) is 0 Å². The predicted molar refractivity (Wildman–Crippen MR) is 105 cm³/mol. The molecular formula is C20H28N6O2. The minimum Gasteiger partial charge on any atom is -0.353 e. The van der Waals surface area contributed by atoms with Crippen LogP contribution < -0.4 is 10.6 Å². The highest BCUT2D eigenvalue weighted by Gasteiger charge is 2.25. The molecule has 28 heavy (non-hydrogen) atoms. The number of hydrogen-bond acceptors (Lipinski definition) is 5. The van der Waals surface area contributed by atoms with Crippen molar-refractivity contribution in [3.63, 3.8) is 0 Å². The molecule has 3 rings (SSSR count). The van der Waals surface area contributed by atoms with Crippen LogP contribution in [0.5, 0.6) is 0 Å². The third kappa shape index (κ3) is 5.61. The Hall–Kier alpha value is -2.77. The zero-order valence-electron chi connectivity index (χ0n) is 16.5. The third-order valence-electron chi connectivity index (χ3n) is 4.96. The van der Waals surface area contributed by atoms with Crippen LogP contribution in [-0.2, 0) is 11.2 Å². The molecule has 0 radical (unpaired) electrons. The fraction of sp³-hybridized carbons (Fsp3) is 0.550.